The van der Waals surface area contributed by atoms with E-state index in [-0.39, 0.29) is 11.1 Å². The van der Waals surface area contributed by atoms with E-state index in [2.05, 4.69) is 26.1 Å². The first-order valence-corrected chi connectivity index (χ1v) is 8.58. The third kappa shape index (κ3) is 3.06. The zero-order chi connectivity index (χ0) is 16.5. The summed E-state index contributed by atoms with van der Waals surface area (Å²) in [5, 5.41) is 8.93. The van der Waals surface area contributed by atoms with Gasteiger partial charge in [0.05, 0.1) is 11.3 Å². The number of amides is 1. The Morgan fingerprint density at radius 1 is 1.08 bits per heavy atom. The van der Waals surface area contributed by atoms with Crippen LogP contribution in [0, 0.1) is 0 Å². The Labute approximate surface area is 145 Å². The molecule has 0 aromatic carbocycles. The summed E-state index contributed by atoms with van der Waals surface area (Å²) in [4.78, 5) is 20.5. The van der Waals surface area contributed by atoms with E-state index in [1.165, 1.54) is 12.8 Å². The smallest absolute Gasteiger partial charge is 0.257 e. The average Bonchev–Trinajstić information content (AvgIpc) is 3.47. The van der Waals surface area contributed by atoms with E-state index in [0.717, 1.165) is 24.6 Å². The number of halogens is 1. The summed E-state index contributed by atoms with van der Waals surface area (Å²) >= 11 is 6.02. The minimum atomic E-state index is -0.0667. The van der Waals surface area contributed by atoms with Gasteiger partial charge in [0, 0.05) is 38.3 Å². The standard InChI is InChI=1S/C17H18ClN5O/c18-16-13(2-1-7-19-16)17(24)23-10-8-22(9-11-23)15-6-5-14(20-21-15)12-3-4-12/h1-2,5-7,12H,3-4,8-11H2. The molecule has 124 valence electrons. The van der Waals surface area contributed by atoms with Gasteiger partial charge < -0.3 is 9.80 Å². The number of anilines is 1. The number of pyridine rings is 1. The molecule has 1 amide bonds. The van der Waals surface area contributed by atoms with Crippen LogP contribution in [0.2, 0.25) is 5.15 Å². The third-order valence-electron chi connectivity index (χ3n) is 4.55. The Morgan fingerprint density at radius 2 is 1.88 bits per heavy atom. The lowest BCUT2D eigenvalue weighted by molar-refractivity contribution is 0.0746. The Hall–Kier alpha value is -2.21. The Balaban J connectivity index is 1.39. The van der Waals surface area contributed by atoms with Crippen LogP contribution in [0.15, 0.2) is 30.5 Å². The van der Waals surface area contributed by atoms with Gasteiger partial charge in [-0.3, -0.25) is 4.79 Å². The van der Waals surface area contributed by atoms with Crippen LogP contribution in [0.4, 0.5) is 5.82 Å². The number of aromatic nitrogens is 3. The molecule has 0 atom stereocenters. The van der Waals surface area contributed by atoms with E-state index < -0.39 is 0 Å². The van der Waals surface area contributed by atoms with Crippen LogP contribution in [-0.4, -0.2) is 52.2 Å². The summed E-state index contributed by atoms with van der Waals surface area (Å²) < 4.78 is 0. The van der Waals surface area contributed by atoms with Gasteiger partial charge in [0.2, 0.25) is 0 Å². The van der Waals surface area contributed by atoms with Crippen molar-refractivity contribution in [1.82, 2.24) is 20.1 Å². The van der Waals surface area contributed by atoms with E-state index in [1.54, 1.807) is 18.3 Å². The highest BCUT2D eigenvalue weighted by Crippen LogP contribution is 2.38. The van der Waals surface area contributed by atoms with Crippen molar-refractivity contribution in [2.24, 2.45) is 0 Å². The maximum atomic E-state index is 12.5. The second-order valence-corrected chi connectivity index (χ2v) is 6.57. The van der Waals surface area contributed by atoms with Crippen LogP contribution in [0.1, 0.15) is 34.8 Å². The van der Waals surface area contributed by atoms with E-state index in [9.17, 15) is 4.79 Å². The fraction of sp³-hybridized carbons (Fsp3) is 0.412. The molecule has 2 aromatic rings. The van der Waals surface area contributed by atoms with Crippen molar-refractivity contribution < 1.29 is 4.79 Å². The topological polar surface area (TPSA) is 62.2 Å². The predicted molar refractivity (Wildman–Crippen MR) is 91.4 cm³/mol. The molecule has 3 heterocycles. The van der Waals surface area contributed by atoms with Gasteiger partial charge in [0.15, 0.2) is 5.82 Å². The van der Waals surface area contributed by atoms with Crippen LogP contribution < -0.4 is 4.90 Å². The first-order valence-electron chi connectivity index (χ1n) is 8.21. The van der Waals surface area contributed by atoms with Crippen molar-refractivity contribution in [3.63, 3.8) is 0 Å². The normalized spacial score (nSPS) is 17.9. The highest BCUT2D eigenvalue weighted by Gasteiger charge is 2.27. The molecule has 24 heavy (non-hydrogen) atoms. The first-order chi connectivity index (χ1) is 11.7. The first kappa shape index (κ1) is 15.3. The summed E-state index contributed by atoms with van der Waals surface area (Å²) in [6, 6.07) is 7.56. The number of rotatable bonds is 3. The van der Waals surface area contributed by atoms with Crippen molar-refractivity contribution in [3.05, 3.63) is 46.9 Å². The highest BCUT2D eigenvalue weighted by molar-refractivity contribution is 6.32. The second kappa shape index (κ2) is 6.36. The van der Waals surface area contributed by atoms with E-state index in [0.29, 0.717) is 24.6 Å². The van der Waals surface area contributed by atoms with Crippen molar-refractivity contribution in [1.29, 1.82) is 0 Å². The molecule has 0 bridgehead atoms. The van der Waals surface area contributed by atoms with Crippen LogP contribution >= 0.6 is 11.6 Å². The maximum absolute atomic E-state index is 12.5. The van der Waals surface area contributed by atoms with E-state index in [1.807, 2.05) is 11.0 Å². The number of nitrogens with zero attached hydrogens (tertiary/aromatic N) is 5. The molecule has 0 N–H and O–H groups in total. The van der Waals surface area contributed by atoms with E-state index in [4.69, 9.17) is 11.6 Å². The Kier molecular flexibility index (Phi) is 4.06. The summed E-state index contributed by atoms with van der Waals surface area (Å²) in [5.74, 6) is 1.43. The number of carbonyl (C=O) groups is 1. The minimum Gasteiger partial charge on any atom is -0.352 e. The van der Waals surface area contributed by atoms with Crippen LogP contribution in [0.5, 0.6) is 0 Å². The molecule has 1 aliphatic heterocycles. The molecule has 2 aliphatic rings. The second-order valence-electron chi connectivity index (χ2n) is 6.21. The van der Waals surface area contributed by atoms with Gasteiger partial charge in [-0.1, -0.05) is 11.6 Å². The van der Waals surface area contributed by atoms with Crippen molar-refractivity contribution >= 4 is 23.3 Å². The summed E-state index contributed by atoms with van der Waals surface area (Å²) in [7, 11) is 0. The molecule has 1 saturated carbocycles. The van der Waals surface area contributed by atoms with E-state index >= 15 is 0 Å². The molecule has 7 heteroatoms. The van der Waals surface area contributed by atoms with Crippen LogP contribution in [-0.2, 0) is 0 Å². The number of piperazine rings is 1. The molecule has 0 radical (unpaired) electrons. The lowest BCUT2D eigenvalue weighted by Crippen LogP contribution is -2.49. The van der Waals surface area contributed by atoms with Crippen molar-refractivity contribution in [3.8, 4) is 0 Å². The lowest BCUT2D eigenvalue weighted by Gasteiger charge is -2.35. The molecular weight excluding hydrogens is 326 g/mol. The SMILES string of the molecule is O=C(c1cccnc1Cl)N1CCN(c2ccc(C3CC3)nn2)CC1. The Morgan fingerprint density at radius 3 is 2.50 bits per heavy atom. The monoisotopic (exact) mass is 343 g/mol. The molecule has 0 spiro atoms. The van der Waals surface area contributed by atoms with Crippen LogP contribution in [0.3, 0.4) is 0 Å². The lowest BCUT2D eigenvalue weighted by atomic mass is 10.2. The average molecular weight is 344 g/mol. The molecule has 2 fully saturated rings. The highest BCUT2D eigenvalue weighted by atomic mass is 35.5. The fourth-order valence-electron chi connectivity index (χ4n) is 2.96. The summed E-state index contributed by atoms with van der Waals surface area (Å²) in [5.41, 5.74) is 1.56. The van der Waals surface area contributed by atoms with Crippen LogP contribution in [0.25, 0.3) is 0 Å². The molecular formula is C17H18ClN5O. The van der Waals surface area contributed by atoms with Gasteiger partial charge in [-0.25, -0.2) is 4.98 Å². The molecule has 0 unspecified atom stereocenters. The summed E-state index contributed by atoms with van der Waals surface area (Å²) in [6.45, 7) is 2.74. The number of hydrogen-bond donors (Lipinski definition) is 0. The largest absolute Gasteiger partial charge is 0.352 e. The molecule has 1 saturated heterocycles. The zero-order valence-corrected chi connectivity index (χ0v) is 14.0. The molecule has 4 rings (SSSR count). The zero-order valence-electron chi connectivity index (χ0n) is 13.2. The quantitative estimate of drug-likeness (QED) is 0.801. The molecule has 1 aliphatic carbocycles. The molecule has 6 nitrogen and oxygen atoms in total. The number of carbonyl (C=O) groups excluding carboxylic acids is 1. The van der Waals surface area contributed by atoms with Crippen molar-refractivity contribution in [2.75, 3.05) is 31.1 Å². The van der Waals surface area contributed by atoms with Gasteiger partial charge in [-0.15, -0.1) is 5.10 Å². The fourth-order valence-corrected chi connectivity index (χ4v) is 3.16. The predicted octanol–water partition coefficient (Wildman–Crippen LogP) is 2.36. The van der Waals surface area contributed by atoms with Gasteiger partial charge in [0.1, 0.15) is 5.15 Å². The van der Waals surface area contributed by atoms with Gasteiger partial charge in [-0.2, -0.15) is 5.10 Å². The Bertz CT molecular complexity index is 739. The number of hydrogen-bond acceptors (Lipinski definition) is 5. The third-order valence-corrected chi connectivity index (χ3v) is 4.85. The van der Waals surface area contributed by atoms with Gasteiger partial charge in [-0.05, 0) is 37.1 Å². The van der Waals surface area contributed by atoms with Gasteiger partial charge in [0.25, 0.3) is 5.91 Å². The van der Waals surface area contributed by atoms with Gasteiger partial charge >= 0.3 is 0 Å². The summed E-state index contributed by atoms with van der Waals surface area (Å²) in [6.07, 6.45) is 4.04. The molecule has 2 aromatic heterocycles. The van der Waals surface area contributed by atoms with Crippen molar-refractivity contribution in [2.45, 2.75) is 18.8 Å². The maximum Gasteiger partial charge on any atom is 0.257 e. The minimum absolute atomic E-state index is 0.0667.